The summed E-state index contributed by atoms with van der Waals surface area (Å²) in [7, 11) is 0. The van der Waals surface area contributed by atoms with Crippen LogP contribution >= 0.6 is 0 Å². The van der Waals surface area contributed by atoms with Crippen LogP contribution in [0, 0.1) is 0 Å². The second-order valence-corrected chi connectivity index (χ2v) is 1.62. The van der Waals surface area contributed by atoms with Crippen LogP contribution in [0.2, 0.25) is 0 Å². The van der Waals surface area contributed by atoms with E-state index < -0.39 is 6.09 Å². The molecule has 0 aliphatic heterocycles. The molecule has 0 spiro atoms. The first kappa shape index (κ1) is 8.01. The van der Waals surface area contributed by atoms with Gasteiger partial charge in [0.25, 0.3) is 0 Å². The summed E-state index contributed by atoms with van der Waals surface area (Å²) in [5.74, 6) is 0. The largest absolute Gasteiger partial charge is 0.442 e. The summed E-state index contributed by atoms with van der Waals surface area (Å²) in [4.78, 5) is 10.1. The normalized spacial score (nSPS) is 12.1. The Kier molecular flexibility index (Phi) is 3.51. The zero-order chi connectivity index (χ0) is 7.28. The van der Waals surface area contributed by atoms with Crippen LogP contribution in [0.5, 0.6) is 0 Å². The minimum absolute atomic E-state index is 0.234. The molecule has 1 unspecified atom stereocenters. The Morgan fingerprint density at radius 2 is 2.56 bits per heavy atom. The van der Waals surface area contributed by atoms with Crippen molar-refractivity contribution in [3.05, 3.63) is 12.7 Å². The third-order valence-corrected chi connectivity index (χ3v) is 0.933. The van der Waals surface area contributed by atoms with E-state index in [0.717, 1.165) is 0 Å². The highest BCUT2D eigenvalue weighted by Crippen LogP contribution is 1.96. The van der Waals surface area contributed by atoms with Gasteiger partial charge in [0, 0.05) is 0 Å². The molecule has 1 amide bonds. The monoisotopic (exact) mass is 129 g/mol. The van der Waals surface area contributed by atoms with Gasteiger partial charge < -0.3 is 10.5 Å². The van der Waals surface area contributed by atoms with E-state index in [1.54, 1.807) is 6.08 Å². The van der Waals surface area contributed by atoms with E-state index in [-0.39, 0.29) is 6.10 Å². The fourth-order valence-electron chi connectivity index (χ4n) is 0.447. The van der Waals surface area contributed by atoms with E-state index in [0.29, 0.717) is 6.42 Å². The number of carbonyl (C=O) groups is 1. The third-order valence-electron chi connectivity index (χ3n) is 0.933. The van der Waals surface area contributed by atoms with Crippen molar-refractivity contribution >= 4 is 6.09 Å². The van der Waals surface area contributed by atoms with Gasteiger partial charge in [-0.1, -0.05) is 19.6 Å². The number of primary amides is 1. The molecule has 0 radical (unpaired) electrons. The first-order chi connectivity index (χ1) is 4.20. The Morgan fingerprint density at radius 3 is 2.67 bits per heavy atom. The lowest BCUT2D eigenvalue weighted by Crippen LogP contribution is -2.20. The molecule has 0 aromatic rings. The Labute approximate surface area is 54.5 Å². The van der Waals surface area contributed by atoms with E-state index >= 15 is 0 Å². The van der Waals surface area contributed by atoms with Crippen molar-refractivity contribution in [2.24, 2.45) is 5.73 Å². The molecule has 1 atom stereocenters. The van der Waals surface area contributed by atoms with Gasteiger partial charge in [-0.2, -0.15) is 0 Å². The summed E-state index contributed by atoms with van der Waals surface area (Å²) in [5.41, 5.74) is 4.74. The molecule has 0 fully saturated rings. The molecule has 0 aromatic carbocycles. The molecule has 0 rings (SSSR count). The molecule has 2 N–H and O–H groups in total. The van der Waals surface area contributed by atoms with Crippen molar-refractivity contribution in [3.8, 4) is 0 Å². The van der Waals surface area contributed by atoms with Gasteiger partial charge in [0.1, 0.15) is 6.10 Å². The van der Waals surface area contributed by atoms with Crippen LogP contribution in [-0.4, -0.2) is 12.2 Å². The molecule has 0 aliphatic carbocycles. The van der Waals surface area contributed by atoms with E-state index in [9.17, 15) is 4.79 Å². The summed E-state index contributed by atoms with van der Waals surface area (Å²) in [6.45, 7) is 5.34. The third kappa shape index (κ3) is 3.58. The van der Waals surface area contributed by atoms with E-state index in [2.05, 4.69) is 11.3 Å². The topological polar surface area (TPSA) is 52.3 Å². The number of nitrogens with two attached hydrogens (primary N) is 1. The number of hydrogen-bond donors (Lipinski definition) is 1. The standard InChI is InChI=1S/C6H11NO2/c1-3-5(4-2)9-6(7)8/h3,5H,1,4H2,2H3,(H2,7,8). The van der Waals surface area contributed by atoms with E-state index in [4.69, 9.17) is 5.73 Å². The second kappa shape index (κ2) is 3.95. The zero-order valence-electron chi connectivity index (χ0n) is 5.46. The van der Waals surface area contributed by atoms with Gasteiger partial charge in [0.05, 0.1) is 0 Å². The fourth-order valence-corrected chi connectivity index (χ4v) is 0.447. The fraction of sp³-hybridized carbons (Fsp3) is 0.500. The van der Waals surface area contributed by atoms with Gasteiger partial charge in [-0.25, -0.2) is 4.79 Å². The lowest BCUT2D eigenvalue weighted by Gasteiger charge is -2.07. The summed E-state index contributed by atoms with van der Waals surface area (Å²) >= 11 is 0. The average Bonchev–Trinajstić information content (AvgIpc) is 1.82. The van der Waals surface area contributed by atoms with Crippen molar-refractivity contribution in [1.29, 1.82) is 0 Å². The van der Waals surface area contributed by atoms with Crippen LogP contribution in [0.3, 0.4) is 0 Å². The van der Waals surface area contributed by atoms with E-state index in [1.165, 1.54) is 0 Å². The van der Waals surface area contributed by atoms with Gasteiger partial charge >= 0.3 is 6.09 Å². The molecule has 0 bridgehead atoms. The van der Waals surface area contributed by atoms with Gasteiger partial charge in [0.15, 0.2) is 0 Å². The van der Waals surface area contributed by atoms with Crippen molar-refractivity contribution in [1.82, 2.24) is 0 Å². The molecular weight excluding hydrogens is 118 g/mol. The summed E-state index contributed by atoms with van der Waals surface area (Å²) in [6, 6.07) is 0. The van der Waals surface area contributed by atoms with Crippen molar-refractivity contribution < 1.29 is 9.53 Å². The Balaban J connectivity index is 3.55. The zero-order valence-corrected chi connectivity index (χ0v) is 5.46. The lowest BCUT2D eigenvalue weighted by atomic mass is 10.3. The lowest BCUT2D eigenvalue weighted by molar-refractivity contribution is 0.127. The smallest absolute Gasteiger partial charge is 0.405 e. The minimum Gasteiger partial charge on any atom is -0.442 e. The van der Waals surface area contributed by atoms with Crippen LogP contribution in [0.1, 0.15) is 13.3 Å². The van der Waals surface area contributed by atoms with E-state index in [1.807, 2.05) is 6.92 Å². The number of ether oxygens (including phenoxy) is 1. The van der Waals surface area contributed by atoms with Crippen molar-refractivity contribution in [2.75, 3.05) is 0 Å². The highest BCUT2D eigenvalue weighted by atomic mass is 16.6. The maximum atomic E-state index is 10.1. The molecular formula is C6H11NO2. The number of hydrogen-bond acceptors (Lipinski definition) is 2. The molecule has 52 valence electrons. The van der Waals surface area contributed by atoms with Crippen LogP contribution in [-0.2, 0) is 4.74 Å². The maximum absolute atomic E-state index is 10.1. The first-order valence-electron chi connectivity index (χ1n) is 2.79. The van der Waals surface area contributed by atoms with Gasteiger partial charge in [-0.3, -0.25) is 0 Å². The summed E-state index contributed by atoms with van der Waals surface area (Å²) in [5, 5.41) is 0. The molecule has 0 saturated heterocycles. The second-order valence-electron chi connectivity index (χ2n) is 1.62. The first-order valence-corrected chi connectivity index (χ1v) is 2.79. The summed E-state index contributed by atoms with van der Waals surface area (Å²) < 4.78 is 4.57. The van der Waals surface area contributed by atoms with Gasteiger partial charge in [0.2, 0.25) is 0 Å². The highest BCUT2D eigenvalue weighted by molar-refractivity contribution is 5.64. The number of amides is 1. The average molecular weight is 129 g/mol. The maximum Gasteiger partial charge on any atom is 0.405 e. The van der Waals surface area contributed by atoms with Crippen LogP contribution in [0.25, 0.3) is 0 Å². The summed E-state index contributed by atoms with van der Waals surface area (Å²) in [6.07, 6.45) is 1.28. The van der Waals surface area contributed by atoms with Gasteiger partial charge in [-0.05, 0) is 6.42 Å². The molecule has 0 aliphatic rings. The molecule has 3 heteroatoms. The van der Waals surface area contributed by atoms with Crippen LogP contribution < -0.4 is 5.73 Å². The number of rotatable bonds is 3. The molecule has 9 heavy (non-hydrogen) atoms. The Bertz CT molecular complexity index is 112. The van der Waals surface area contributed by atoms with Crippen molar-refractivity contribution in [3.63, 3.8) is 0 Å². The quantitative estimate of drug-likeness (QED) is 0.579. The highest BCUT2D eigenvalue weighted by Gasteiger charge is 2.02. The van der Waals surface area contributed by atoms with Gasteiger partial charge in [-0.15, -0.1) is 0 Å². The minimum atomic E-state index is -0.748. The predicted octanol–water partition coefficient (Wildman–Crippen LogP) is 1.05. The van der Waals surface area contributed by atoms with Crippen LogP contribution in [0.4, 0.5) is 4.79 Å². The predicted molar refractivity (Wildman–Crippen MR) is 34.9 cm³/mol. The Hall–Kier alpha value is -0.990. The van der Waals surface area contributed by atoms with Crippen LogP contribution in [0.15, 0.2) is 12.7 Å². The molecule has 3 nitrogen and oxygen atoms in total. The Morgan fingerprint density at radius 1 is 2.00 bits per heavy atom. The molecule has 0 heterocycles. The molecule has 0 saturated carbocycles. The SMILES string of the molecule is C=CC(CC)OC(N)=O. The molecule has 0 aromatic heterocycles. The van der Waals surface area contributed by atoms with Crippen molar-refractivity contribution in [2.45, 2.75) is 19.4 Å². The number of carbonyl (C=O) groups excluding carboxylic acids is 1.